The van der Waals surface area contributed by atoms with Crippen molar-refractivity contribution in [3.05, 3.63) is 46.2 Å². The lowest BCUT2D eigenvalue weighted by Gasteiger charge is -2.11. The number of hydrogen-bond donors (Lipinski definition) is 3. The van der Waals surface area contributed by atoms with Gasteiger partial charge in [0.2, 0.25) is 0 Å². The number of ether oxygens (including phenoxy) is 1. The summed E-state index contributed by atoms with van der Waals surface area (Å²) in [7, 11) is 1.57. The molecule has 2 aromatic rings. The third-order valence-corrected chi connectivity index (χ3v) is 3.55. The van der Waals surface area contributed by atoms with E-state index in [0.29, 0.717) is 16.7 Å². The maximum Gasteiger partial charge on any atom is 0.253 e. The molecule has 1 heterocycles. The van der Waals surface area contributed by atoms with Crippen molar-refractivity contribution in [2.75, 3.05) is 18.6 Å². The summed E-state index contributed by atoms with van der Waals surface area (Å²) in [5, 5.41) is 10.5. The molecular formula is C13H15N3O3S. The normalized spacial score (nSPS) is 12.1. The molecule has 0 bridgehead atoms. The van der Waals surface area contributed by atoms with Crippen LogP contribution in [0.4, 0.5) is 5.82 Å². The van der Waals surface area contributed by atoms with Crippen LogP contribution in [0.1, 0.15) is 11.7 Å². The van der Waals surface area contributed by atoms with Gasteiger partial charge in [-0.2, -0.15) is 0 Å². The number of rotatable bonds is 5. The highest BCUT2D eigenvalue weighted by Crippen LogP contribution is 2.24. The van der Waals surface area contributed by atoms with E-state index < -0.39 is 6.10 Å². The predicted octanol–water partition coefficient (Wildman–Crippen LogP) is 1.19. The average molecular weight is 293 g/mol. The van der Waals surface area contributed by atoms with E-state index in [4.69, 9.17) is 10.5 Å². The van der Waals surface area contributed by atoms with Crippen molar-refractivity contribution in [3.63, 3.8) is 0 Å². The van der Waals surface area contributed by atoms with Gasteiger partial charge in [-0.15, -0.1) is 0 Å². The molecule has 0 radical (unpaired) electrons. The van der Waals surface area contributed by atoms with Crippen molar-refractivity contribution in [2.45, 2.75) is 11.3 Å². The van der Waals surface area contributed by atoms with Crippen LogP contribution in [0.25, 0.3) is 0 Å². The minimum absolute atomic E-state index is 0.159. The number of nitrogens with one attached hydrogen (secondary N) is 1. The van der Waals surface area contributed by atoms with Gasteiger partial charge in [-0.3, -0.25) is 4.79 Å². The first-order valence-electron chi connectivity index (χ1n) is 5.90. The lowest BCUT2D eigenvalue weighted by Crippen LogP contribution is -2.10. The Hall–Kier alpha value is -1.99. The molecule has 0 aliphatic carbocycles. The third-order valence-electron chi connectivity index (χ3n) is 2.60. The summed E-state index contributed by atoms with van der Waals surface area (Å²) in [5.41, 5.74) is 5.92. The molecule has 1 aromatic carbocycles. The van der Waals surface area contributed by atoms with Crippen LogP contribution in [0.2, 0.25) is 0 Å². The molecule has 7 heteroatoms. The fourth-order valence-electron chi connectivity index (χ4n) is 1.62. The fraction of sp³-hybridized carbons (Fsp3) is 0.231. The van der Waals surface area contributed by atoms with Crippen LogP contribution < -0.4 is 16.0 Å². The van der Waals surface area contributed by atoms with Gasteiger partial charge < -0.3 is 20.6 Å². The topological polar surface area (TPSA) is 101 Å². The summed E-state index contributed by atoms with van der Waals surface area (Å²) < 4.78 is 5.10. The number of hydrogen-bond acceptors (Lipinski definition) is 6. The highest BCUT2D eigenvalue weighted by Gasteiger charge is 2.10. The number of methoxy groups -OCH3 is 1. The van der Waals surface area contributed by atoms with Crippen molar-refractivity contribution >= 4 is 17.6 Å². The molecule has 0 saturated heterocycles. The molecule has 0 amide bonds. The largest absolute Gasteiger partial charge is 0.497 e. The number of thioether (sulfide) groups is 1. The first-order chi connectivity index (χ1) is 9.58. The highest BCUT2D eigenvalue weighted by molar-refractivity contribution is 7.99. The zero-order chi connectivity index (χ0) is 14.5. The van der Waals surface area contributed by atoms with Crippen LogP contribution in [-0.4, -0.2) is 27.9 Å². The van der Waals surface area contributed by atoms with Gasteiger partial charge in [-0.1, -0.05) is 23.9 Å². The standard InChI is InChI=1S/C13H15N3O3S/c1-19-9-4-2-3-8(5-9)10(17)7-20-13-15-11(14)6-12(18)16-13/h2-6,10,17H,7H2,1H3,(H3,14,15,16,18). The lowest BCUT2D eigenvalue weighted by atomic mass is 10.1. The summed E-state index contributed by atoms with van der Waals surface area (Å²) in [6.07, 6.45) is -0.693. The Kier molecular flexibility index (Phi) is 4.65. The third kappa shape index (κ3) is 3.75. The quantitative estimate of drug-likeness (QED) is 0.565. The van der Waals surface area contributed by atoms with E-state index in [9.17, 15) is 9.90 Å². The molecule has 0 aliphatic heterocycles. The lowest BCUT2D eigenvalue weighted by molar-refractivity contribution is 0.203. The molecular weight excluding hydrogens is 278 g/mol. The number of nitrogens with zero attached hydrogens (tertiary/aromatic N) is 1. The number of aliphatic hydroxyl groups is 1. The molecule has 20 heavy (non-hydrogen) atoms. The fourth-order valence-corrected chi connectivity index (χ4v) is 2.48. The molecule has 0 aliphatic rings. The van der Waals surface area contributed by atoms with Gasteiger partial charge >= 0.3 is 0 Å². The summed E-state index contributed by atoms with van der Waals surface area (Å²) in [6, 6.07) is 8.40. The highest BCUT2D eigenvalue weighted by atomic mass is 32.2. The number of nitrogen functional groups attached to an aromatic ring is 1. The number of aromatic nitrogens is 2. The zero-order valence-electron chi connectivity index (χ0n) is 10.9. The molecule has 0 saturated carbocycles. The van der Waals surface area contributed by atoms with Crippen LogP contribution in [-0.2, 0) is 0 Å². The van der Waals surface area contributed by atoms with Crippen molar-refractivity contribution < 1.29 is 9.84 Å². The van der Waals surface area contributed by atoms with E-state index in [1.807, 2.05) is 12.1 Å². The Morgan fingerprint density at radius 2 is 2.30 bits per heavy atom. The summed E-state index contributed by atoms with van der Waals surface area (Å²) in [4.78, 5) is 17.8. The number of benzene rings is 1. The van der Waals surface area contributed by atoms with Gasteiger partial charge in [0.1, 0.15) is 11.6 Å². The number of anilines is 1. The van der Waals surface area contributed by atoms with Crippen LogP contribution in [0, 0.1) is 0 Å². The minimum atomic E-state index is -0.693. The monoisotopic (exact) mass is 293 g/mol. The van der Waals surface area contributed by atoms with Gasteiger partial charge in [0.25, 0.3) is 5.56 Å². The van der Waals surface area contributed by atoms with Crippen LogP contribution >= 0.6 is 11.8 Å². The molecule has 4 N–H and O–H groups in total. The van der Waals surface area contributed by atoms with E-state index in [1.54, 1.807) is 19.2 Å². The second-order valence-corrected chi connectivity index (χ2v) is 5.09. The van der Waals surface area contributed by atoms with Gasteiger partial charge in [0, 0.05) is 11.8 Å². The Bertz CT molecular complexity index is 645. The number of H-pyrrole nitrogens is 1. The summed E-state index contributed by atoms with van der Waals surface area (Å²) in [5.74, 6) is 1.19. The Balaban J connectivity index is 2.04. The molecule has 106 valence electrons. The van der Waals surface area contributed by atoms with E-state index in [1.165, 1.54) is 17.8 Å². The number of aromatic amines is 1. The van der Waals surface area contributed by atoms with Crippen molar-refractivity contribution in [3.8, 4) is 5.75 Å². The summed E-state index contributed by atoms with van der Waals surface area (Å²) in [6.45, 7) is 0. The summed E-state index contributed by atoms with van der Waals surface area (Å²) >= 11 is 1.23. The SMILES string of the molecule is COc1cccc(C(O)CSc2nc(N)cc(=O)[nH]2)c1. The van der Waals surface area contributed by atoms with E-state index >= 15 is 0 Å². The van der Waals surface area contributed by atoms with Gasteiger partial charge in [0.15, 0.2) is 5.16 Å². The Labute approximate surface area is 120 Å². The van der Waals surface area contributed by atoms with E-state index in [0.717, 1.165) is 5.56 Å². The smallest absolute Gasteiger partial charge is 0.253 e. The number of nitrogens with two attached hydrogens (primary N) is 1. The molecule has 2 rings (SSSR count). The Morgan fingerprint density at radius 3 is 3.00 bits per heavy atom. The van der Waals surface area contributed by atoms with Gasteiger partial charge in [-0.05, 0) is 17.7 Å². The van der Waals surface area contributed by atoms with E-state index in [-0.39, 0.29) is 11.4 Å². The molecule has 1 unspecified atom stereocenters. The van der Waals surface area contributed by atoms with Crippen LogP contribution in [0.5, 0.6) is 5.75 Å². The van der Waals surface area contributed by atoms with Crippen molar-refractivity contribution in [1.82, 2.24) is 9.97 Å². The van der Waals surface area contributed by atoms with Crippen molar-refractivity contribution in [2.24, 2.45) is 0 Å². The van der Waals surface area contributed by atoms with E-state index in [2.05, 4.69) is 9.97 Å². The zero-order valence-corrected chi connectivity index (χ0v) is 11.7. The molecule has 0 fully saturated rings. The number of aliphatic hydroxyl groups excluding tert-OH is 1. The Morgan fingerprint density at radius 1 is 1.50 bits per heavy atom. The van der Waals surface area contributed by atoms with Gasteiger partial charge in [0.05, 0.1) is 13.2 Å². The maximum atomic E-state index is 11.2. The molecule has 1 aromatic heterocycles. The molecule has 0 spiro atoms. The predicted molar refractivity (Wildman–Crippen MR) is 77.9 cm³/mol. The average Bonchev–Trinajstić information content (AvgIpc) is 2.44. The molecule has 1 atom stereocenters. The van der Waals surface area contributed by atoms with Crippen molar-refractivity contribution in [1.29, 1.82) is 0 Å². The van der Waals surface area contributed by atoms with Crippen LogP contribution in [0.15, 0.2) is 40.3 Å². The van der Waals surface area contributed by atoms with Crippen LogP contribution in [0.3, 0.4) is 0 Å². The molecule has 6 nitrogen and oxygen atoms in total. The second-order valence-electron chi connectivity index (χ2n) is 4.08. The minimum Gasteiger partial charge on any atom is -0.497 e. The second kappa shape index (κ2) is 6.44. The maximum absolute atomic E-state index is 11.2. The first-order valence-corrected chi connectivity index (χ1v) is 6.88. The van der Waals surface area contributed by atoms with Gasteiger partial charge in [-0.25, -0.2) is 4.98 Å². The first kappa shape index (κ1) is 14.4.